The molecule has 1 aliphatic heterocycles. The molecule has 2 heterocycles. The molecular weight excluding hydrogens is 178 g/mol. The molecule has 0 aliphatic carbocycles. The molecule has 1 N–H and O–H groups in total. The van der Waals surface area contributed by atoms with Gasteiger partial charge in [-0.3, -0.25) is 4.98 Å². The third-order valence-corrected chi connectivity index (χ3v) is 1.80. The van der Waals surface area contributed by atoms with Crippen LogP contribution in [0.5, 0.6) is 5.88 Å². The van der Waals surface area contributed by atoms with Crippen LogP contribution in [-0.2, 0) is 0 Å². The van der Waals surface area contributed by atoms with Crippen LogP contribution in [0.2, 0.25) is 5.15 Å². The van der Waals surface area contributed by atoms with Crippen molar-refractivity contribution in [2.45, 2.75) is 6.10 Å². The highest BCUT2D eigenvalue weighted by Gasteiger charge is 2.18. The first-order valence-electron chi connectivity index (χ1n) is 3.69. The summed E-state index contributed by atoms with van der Waals surface area (Å²) in [5.74, 6) is 0.494. The molecule has 1 aromatic heterocycles. The summed E-state index contributed by atoms with van der Waals surface area (Å²) >= 11 is 5.62. The lowest BCUT2D eigenvalue weighted by atomic mass is 10.2. The van der Waals surface area contributed by atoms with Crippen LogP contribution in [-0.4, -0.2) is 29.2 Å². The molecule has 0 amide bonds. The summed E-state index contributed by atoms with van der Waals surface area (Å²) in [6, 6.07) is 0. The van der Waals surface area contributed by atoms with E-state index in [1.54, 1.807) is 6.20 Å². The van der Waals surface area contributed by atoms with Crippen LogP contribution < -0.4 is 10.1 Å². The van der Waals surface area contributed by atoms with Crippen molar-refractivity contribution in [3.05, 3.63) is 17.5 Å². The van der Waals surface area contributed by atoms with E-state index in [0.717, 1.165) is 13.1 Å². The van der Waals surface area contributed by atoms with Crippen molar-refractivity contribution in [1.82, 2.24) is 15.3 Å². The third kappa shape index (κ3) is 1.65. The molecular formula is C7H8ClN3O. The van der Waals surface area contributed by atoms with Crippen molar-refractivity contribution in [3.8, 4) is 5.88 Å². The first kappa shape index (κ1) is 7.76. The van der Waals surface area contributed by atoms with Crippen molar-refractivity contribution in [1.29, 1.82) is 0 Å². The van der Waals surface area contributed by atoms with Crippen LogP contribution in [0.3, 0.4) is 0 Å². The first-order chi connectivity index (χ1) is 5.84. The van der Waals surface area contributed by atoms with Crippen molar-refractivity contribution in [3.63, 3.8) is 0 Å². The minimum atomic E-state index is 0.220. The van der Waals surface area contributed by atoms with Gasteiger partial charge in [-0.2, -0.15) is 4.98 Å². The van der Waals surface area contributed by atoms with E-state index in [9.17, 15) is 0 Å². The van der Waals surface area contributed by atoms with Crippen molar-refractivity contribution in [2.75, 3.05) is 13.1 Å². The van der Waals surface area contributed by atoms with Crippen LogP contribution in [0.1, 0.15) is 0 Å². The standard InChI is InChI=1S/C7H8ClN3O/c8-6-3-10-4-7(11-6)12-5-1-9-2-5/h3-5,9H,1-2H2. The lowest BCUT2D eigenvalue weighted by Gasteiger charge is -2.26. The highest BCUT2D eigenvalue weighted by Crippen LogP contribution is 2.11. The van der Waals surface area contributed by atoms with Gasteiger partial charge in [0, 0.05) is 13.1 Å². The van der Waals surface area contributed by atoms with Gasteiger partial charge in [-0.25, -0.2) is 0 Å². The predicted octanol–water partition coefficient (Wildman–Crippen LogP) is 0.481. The highest BCUT2D eigenvalue weighted by atomic mass is 35.5. The van der Waals surface area contributed by atoms with Gasteiger partial charge < -0.3 is 10.1 Å². The number of nitrogens with one attached hydrogen (secondary N) is 1. The molecule has 2 rings (SSSR count). The molecule has 0 saturated carbocycles. The van der Waals surface area contributed by atoms with Crippen molar-refractivity contribution >= 4 is 11.6 Å². The van der Waals surface area contributed by atoms with E-state index in [0.29, 0.717) is 11.0 Å². The molecule has 64 valence electrons. The number of hydrogen-bond donors (Lipinski definition) is 1. The number of ether oxygens (including phenoxy) is 1. The summed E-state index contributed by atoms with van der Waals surface area (Å²) in [6.45, 7) is 1.74. The van der Waals surface area contributed by atoms with E-state index < -0.39 is 0 Å². The number of nitrogens with zero attached hydrogens (tertiary/aromatic N) is 2. The van der Waals surface area contributed by atoms with E-state index in [-0.39, 0.29) is 6.10 Å². The van der Waals surface area contributed by atoms with Gasteiger partial charge in [0.1, 0.15) is 6.10 Å². The van der Waals surface area contributed by atoms with Crippen LogP contribution in [0.25, 0.3) is 0 Å². The topological polar surface area (TPSA) is 47.0 Å². The van der Waals surface area contributed by atoms with Crippen molar-refractivity contribution < 1.29 is 4.74 Å². The normalized spacial score (nSPS) is 17.1. The zero-order chi connectivity index (χ0) is 8.39. The number of hydrogen-bond acceptors (Lipinski definition) is 4. The monoisotopic (exact) mass is 185 g/mol. The largest absolute Gasteiger partial charge is 0.471 e. The molecule has 0 unspecified atom stereocenters. The average molecular weight is 186 g/mol. The fourth-order valence-corrected chi connectivity index (χ4v) is 1.04. The zero-order valence-electron chi connectivity index (χ0n) is 6.33. The smallest absolute Gasteiger partial charge is 0.234 e. The summed E-state index contributed by atoms with van der Waals surface area (Å²) in [5.41, 5.74) is 0. The predicted molar refractivity (Wildman–Crippen MR) is 44.3 cm³/mol. The van der Waals surface area contributed by atoms with Gasteiger partial charge in [0.25, 0.3) is 0 Å². The van der Waals surface area contributed by atoms with Gasteiger partial charge in [-0.15, -0.1) is 0 Å². The Kier molecular flexibility index (Phi) is 2.10. The highest BCUT2D eigenvalue weighted by molar-refractivity contribution is 6.29. The van der Waals surface area contributed by atoms with Crippen molar-refractivity contribution in [2.24, 2.45) is 0 Å². The molecule has 0 radical (unpaired) electrons. The van der Waals surface area contributed by atoms with Gasteiger partial charge in [0.2, 0.25) is 5.88 Å². The molecule has 12 heavy (non-hydrogen) atoms. The fourth-order valence-electron chi connectivity index (χ4n) is 0.899. The first-order valence-corrected chi connectivity index (χ1v) is 4.07. The Hall–Kier alpha value is -0.870. The maximum absolute atomic E-state index is 5.62. The fraction of sp³-hybridized carbons (Fsp3) is 0.429. The van der Waals surface area contributed by atoms with E-state index in [1.165, 1.54) is 6.20 Å². The van der Waals surface area contributed by atoms with E-state index in [4.69, 9.17) is 16.3 Å². The lowest BCUT2D eigenvalue weighted by Crippen LogP contribution is -2.50. The summed E-state index contributed by atoms with van der Waals surface area (Å²) in [6.07, 6.45) is 3.26. The van der Waals surface area contributed by atoms with Gasteiger partial charge in [0.05, 0.1) is 12.4 Å². The van der Waals surface area contributed by atoms with Crippen LogP contribution in [0.15, 0.2) is 12.4 Å². The Balaban J connectivity index is 2.02. The average Bonchev–Trinajstić information content (AvgIpc) is 1.97. The summed E-state index contributed by atoms with van der Waals surface area (Å²) in [5, 5.41) is 3.45. The Bertz CT molecular complexity index is 277. The molecule has 0 bridgehead atoms. The summed E-state index contributed by atoms with van der Waals surface area (Å²) in [4.78, 5) is 7.80. The zero-order valence-corrected chi connectivity index (χ0v) is 7.08. The second-order valence-electron chi connectivity index (χ2n) is 2.58. The summed E-state index contributed by atoms with van der Waals surface area (Å²) < 4.78 is 5.41. The molecule has 1 aromatic rings. The molecule has 0 atom stereocenters. The maximum atomic E-state index is 5.62. The Morgan fingerprint density at radius 3 is 2.92 bits per heavy atom. The minimum Gasteiger partial charge on any atom is -0.471 e. The molecule has 1 aliphatic rings. The van der Waals surface area contributed by atoms with Crippen LogP contribution in [0, 0.1) is 0 Å². The Morgan fingerprint density at radius 2 is 2.33 bits per heavy atom. The maximum Gasteiger partial charge on any atom is 0.234 e. The quantitative estimate of drug-likeness (QED) is 0.728. The Labute approximate surface area is 74.9 Å². The number of rotatable bonds is 2. The molecule has 5 heteroatoms. The second-order valence-corrected chi connectivity index (χ2v) is 2.97. The van der Waals surface area contributed by atoms with E-state index >= 15 is 0 Å². The van der Waals surface area contributed by atoms with Crippen LogP contribution >= 0.6 is 11.6 Å². The minimum absolute atomic E-state index is 0.220. The Morgan fingerprint density at radius 1 is 1.50 bits per heavy atom. The summed E-state index contributed by atoms with van der Waals surface area (Å²) in [7, 11) is 0. The van der Waals surface area contributed by atoms with Gasteiger partial charge in [-0.05, 0) is 0 Å². The molecule has 4 nitrogen and oxygen atoms in total. The SMILES string of the molecule is Clc1cncc(OC2CNC2)n1. The van der Waals surface area contributed by atoms with E-state index in [1.807, 2.05) is 0 Å². The third-order valence-electron chi connectivity index (χ3n) is 1.61. The lowest BCUT2D eigenvalue weighted by molar-refractivity contribution is 0.135. The molecule has 1 fully saturated rings. The molecule has 0 aromatic carbocycles. The molecule has 0 spiro atoms. The van der Waals surface area contributed by atoms with E-state index in [2.05, 4.69) is 15.3 Å². The molecule has 1 saturated heterocycles. The number of aromatic nitrogens is 2. The van der Waals surface area contributed by atoms with Gasteiger partial charge in [0.15, 0.2) is 5.15 Å². The van der Waals surface area contributed by atoms with Gasteiger partial charge >= 0.3 is 0 Å². The second kappa shape index (κ2) is 3.25. The van der Waals surface area contributed by atoms with Gasteiger partial charge in [-0.1, -0.05) is 11.6 Å². The number of halogens is 1. The van der Waals surface area contributed by atoms with Crippen LogP contribution in [0.4, 0.5) is 0 Å².